The Morgan fingerprint density at radius 2 is 1.96 bits per heavy atom. The number of hydrogen-bond acceptors (Lipinski definition) is 7. The molecule has 0 unspecified atom stereocenters. The highest BCUT2D eigenvalue weighted by atomic mass is 16.6. The molecule has 1 N–H and O–H groups in total. The summed E-state index contributed by atoms with van der Waals surface area (Å²) in [5.74, 6) is -1.43. The first-order valence-corrected chi connectivity index (χ1v) is 7.61. The fourth-order valence-corrected chi connectivity index (χ4v) is 2.27. The lowest BCUT2D eigenvalue weighted by Gasteiger charge is -2.31. The Hall–Kier alpha value is -2.58. The predicted molar refractivity (Wildman–Crippen MR) is 82.8 cm³/mol. The first kappa shape index (κ1) is 17.8. The van der Waals surface area contributed by atoms with Gasteiger partial charge in [-0.05, 0) is 27.7 Å². The molecular formula is C15H21N3O6. The minimum Gasteiger partial charge on any atom is -0.492 e. The largest absolute Gasteiger partial charge is 0.492 e. The maximum Gasteiger partial charge on any atom is 0.410 e. The molecule has 24 heavy (non-hydrogen) atoms. The highest BCUT2D eigenvalue weighted by Gasteiger charge is 2.30. The van der Waals surface area contributed by atoms with Crippen LogP contribution in [0.1, 0.15) is 43.9 Å². The van der Waals surface area contributed by atoms with Crippen LogP contribution < -0.4 is 5.56 Å². The summed E-state index contributed by atoms with van der Waals surface area (Å²) in [5, 5.41) is 9.90. The van der Waals surface area contributed by atoms with Gasteiger partial charge in [-0.2, -0.15) is 4.98 Å². The summed E-state index contributed by atoms with van der Waals surface area (Å²) >= 11 is 0. The van der Waals surface area contributed by atoms with E-state index in [1.807, 2.05) is 0 Å². The lowest BCUT2D eigenvalue weighted by Crippen LogP contribution is -2.45. The number of esters is 1. The lowest BCUT2D eigenvalue weighted by atomic mass is 10.2. The zero-order valence-electron chi connectivity index (χ0n) is 14.2. The summed E-state index contributed by atoms with van der Waals surface area (Å²) in [7, 11) is 0. The van der Waals surface area contributed by atoms with Crippen LogP contribution in [-0.2, 0) is 22.6 Å². The van der Waals surface area contributed by atoms with Gasteiger partial charge in [0.1, 0.15) is 11.4 Å². The van der Waals surface area contributed by atoms with E-state index in [1.165, 1.54) is 9.47 Å². The number of amides is 1. The zero-order valence-corrected chi connectivity index (χ0v) is 14.2. The van der Waals surface area contributed by atoms with Crippen molar-refractivity contribution in [3.8, 4) is 5.88 Å². The quantitative estimate of drug-likeness (QED) is 0.796. The molecule has 2 heterocycles. The van der Waals surface area contributed by atoms with Crippen LogP contribution in [0.2, 0.25) is 0 Å². The van der Waals surface area contributed by atoms with Crippen LogP contribution >= 0.6 is 0 Å². The molecule has 0 radical (unpaired) electrons. The summed E-state index contributed by atoms with van der Waals surface area (Å²) in [6.07, 6.45) is -0.531. The van der Waals surface area contributed by atoms with Gasteiger partial charge in [-0.15, -0.1) is 0 Å². The fraction of sp³-hybridized carbons (Fsp3) is 0.600. The van der Waals surface area contributed by atoms with E-state index >= 15 is 0 Å². The van der Waals surface area contributed by atoms with Gasteiger partial charge in [0.25, 0.3) is 5.56 Å². The van der Waals surface area contributed by atoms with E-state index in [1.54, 1.807) is 27.7 Å². The van der Waals surface area contributed by atoms with Crippen molar-refractivity contribution in [3.05, 3.63) is 21.7 Å². The Morgan fingerprint density at radius 3 is 2.54 bits per heavy atom. The topological polar surface area (TPSA) is 111 Å². The Balaban J connectivity index is 2.29. The van der Waals surface area contributed by atoms with Crippen molar-refractivity contribution in [2.45, 2.75) is 46.4 Å². The molecule has 1 aromatic rings. The Kier molecular flexibility index (Phi) is 4.81. The molecule has 0 saturated heterocycles. The number of hydrogen-bond donors (Lipinski definition) is 1. The van der Waals surface area contributed by atoms with Gasteiger partial charge in [0, 0.05) is 13.1 Å². The van der Waals surface area contributed by atoms with Crippen LogP contribution in [0.25, 0.3) is 0 Å². The van der Waals surface area contributed by atoms with Crippen LogP contribution in [0.3, 0.4) is 0 Å². The third kappa shape index (κ3) is 3.66. The number of aromatic hydroxyl groups is 1. The van der Waals surface area contributed by atoms with Crippen molar-refractivity contribution in [3.63, 3.8) is 0 Å². The van der Waals surface area contributed by atoms with Gasteiger partial charge in [0.15, 0.2) is 5.56 Å². The van der Waals surface area contributed by atoms with Gasteiger partial charge < -0.3 is 14.6 Å². The molecule has 1 aromatic heterocycles. The maximum absolute atomic E-state index is 12.4. The SMILES string of the molecule is CCOC(=O)c1c(O)nc2n(c1=O)CCN(C(=O)OC(C)(C)C)C2. The van der Waals surface area contributed by atoms with Gasteiger partial charge in [0.05, 0.1) is 13.2 Å². The van der Waals surface area contributed by atoms with Gasteiger partial charge in [-0.25, -0.2) is 9.59 Å². The second-order valence-electron chi connectivity index (χ2n) is 6.31. The van der Waals surface area contributed by atoms with Crippen LogP contribution in [-0.4, -0.2) is 50.4 Å². The summed E-state index contributed by atoms with van der Waals surface area (Å²) in [6.45, 7) is 7.31. The van der Waals surface area contributed by atoms with Crippen LogP contribution in [0.5, 0.6) is 5.88 Å². The lowest BCUT2D eigenvalue weighted by molar-refractivity contribution is 0.0189. The number of fused-ring (bicyclic) bond motifs is 1. The number of nitrogens with zero attached hydrogens (tertiary/aromatic N) is 3. The molecule has 1 aliphatic heterocycles. The Morgan fingerprint density at radius 1 is 1.29 bits per heavy atom. The Bertz CT molecular complexity index is 719. The monoisotopic (exact) mass is 339 g/mol. The highest BCUT2D eigenvalue weighted by Crippen LogP contribution is 2.18. The molecule has 0 atom stereocenters. The van der Waals surface area contributed by atoms with E-state index < -0.39 is 34.7 Å². The van der Waals surface area contributed by atoms with Crippen molar-refractivity contribution in [1.29, 1.82) is 0 Å². The van der Waals surface area contributed by atoms with Crippen LogP contribution in [0.15, 0.2) is 4.79 Å². The first-order chi connectivity index (χ1) is 11.1. The van der Waals surface area contributed by atoms with Gasteiger partial charge in [-0.3, -0.25) is 14.3 Å². The third-order valence-electron chi connectivity index (χ3n) is 3.29. The predicted octanol–water partition coefficient (Wildman–Crippen LogP) is 0.876. The van der Waals surface area contributed by atoms with E-state index in [-0.39, 0.29) is 32.1 Å². The van der Waals surface area contributed by atoms with E-state index in [9.17, 15) is 19.5 Å². The molecule has 0 saturated carbocycles. The van der Waals surface area contributed by atoms with Gasteiger partial charge in [0.2, 0.25) is 5.88 Å². The fourth-order valence-electron chi connectivity index (χ4n) is 2.27. The number of aromatic nitrogens is 2. The smallest absolute Gasteiger partial charge is 0.410 e. The van der Waals surface area contributed by atoms with E-state index in [0.29, 0.717) is 0 Å². The zero-order chi connectivity index (χ0) is 18.1. The standard InChI is InChI=1S/C15H21N3O6/c1-5-23-13(21)10-11(19)16-9-8-17(6-7-18(9)12(10)20)14(22)24-15(2,3)4/h19H,5-8H2,1-4H3. The highest BCUT2D eigenvalue weighted by molar-refractivity contribution is 5.91. The average Bonchev–Trinajstić information content (AvgIpc) is 2.45. The van der Waals surface area contributed by atoms with E-state index in [0.717, 1.165) is 0 Å². The second kappa shape index (κ2) is 6.50. The number of carbonyl (C=O) groups excluding carboxylic acids is 2. The van der Waals surface area contributed by atoms with Crippen molar-refractivity contribution < 1.29 is 24.2 Å². The number of rotatable bonds is 2. The third-order valence-corrected chi connectivity index (χ3v) is 3.29. The molecule has 2 rings (SSSR count). The normalized spacial score (nSPS) is 14.1. The first-order valence-electron chi connectivity index (χ1n) is 7.61. The van der Waals surface area contributed by atoms with Gasteiger partial charge in [-0.1, -0.05) is 0 Å². The number of carbonyl (C=O) groups is 2. The molecular weight excluding hydrogens is 318 g/mol. The summed E-state index contributed by atoms with van der Waals surface area (Å²) in [5.41, 5.74) is -1.82. The number of ether oxygens (including phenoxy) is 2. The van der Waals surface area contributed by atoms with Crippen LogP contribution in [0.4, 0.5) is 4.79 Å². The molecule has 0 fully saturated rings. The van der Waals surface area contributed by atoms with Crippen LogP contribution in [0, 0.1) is 0 Å². The molecule has 0 bridgehead atoms. The molecule has 0 spiro atoms. The summed E-state index contributed by atoms with van der Waals surface area (Å²) in [6, 6.07) is 0. The van der Waals surface area contributed by atoms with Crippen molar-refractivity contribution in [1.82, 2.24) is 14.5 Å². The molecule has 0 aromatic carbocycles. The van der Waals surface area contributed by atoms with Gasteiger partial charge >= 0.3 is 12.1 Å². The molecule has 0 aliphatic carbocycles. The van der Waals surface area contributed by atoms with Crippen molar-refractivity contribution >= 4 is 12.1 Å². The molecule has 1 aliphatic rings. The minimum absolute atomic E-state index is 0.000812. The molecule has 9 heteroatoms. The summed E-state index contributed by atoms with van der Waals surface area (Å²) in [4.78, 5) is 41.5. The van der Waals surface area contributed by atoms with Crippen molar-refractivity contribution in [2.24, 2.45) is 0 Å². The van der Waals surface area contributed by atoms with E-state index in [2.05, 4.69) is 4.98 Å². The summed E-state index contributed by atoms with van der Waals surface area (Å²) < 4.78 is 11.3. The molecule has 132 valence electrons. The van der Waals surface area contributed by atoms with E-state index in [4.69, 9.17) is 9.47 Å². The van der Waals surface area contributed by atoms with Crippen molar-refractivity contribution in [2.75, 3.05) is 13.2 Å². The maximum atomic E-state index is 12.4. The molecule has 9 nitrogen and oxygen atoms in total. The Labute approximate surface area is 138 Å². The molecule has 1 amide bonds. The minimum atomic E-state index is -0.919. The average molecular weight is 339 g/mol. The second-order valence-corrected chi connectivity index (χ2v) is 6.31.